The van der Waals surface area contributed by atoms with Gasteiger partial charge in [0.1, 0.15) is 0 Å². The molecule has 3 atom stereocenters. The lowest BCUT2D eigenvalue weighted by Gasteiger charge is -2.36. The van der Waals surface area contributed by atoms with E-state index in [9.17, 15) is 24.6 Å². The zero-order chi connectivity index (χ0) is 29.9. The van der Waals surface area contributed by atoms with Gasteiger partial charge in [-0.3, -0.25) is 14.8 Å². The number of amides is 2. The lowest BCUT2D eigenvalue weighted by atomic mass is 10.0. The molecule has 1 aliphatic rings. The van der Waals surface area contributed by atoms with Gasteiger partial charge < -0.3 is 25.0 Å². The predicted molar refractivity (Wildman–Crippen MR) is 156 cm³/mol. The van der Waals surface area contributed by atoms with Crippen molar-refractivity contribution in [1.29, 1.82) is 0 Å². The van der Waals surface area contributed by atoms with E-state index < -0.39 is 18.2 Å². The van der Waals surface area contributed by atoms with Crippen molar-refractivity contribution >= 4 is 35.2 Å². The molecule has 1 fully saturated rings. The number of carbonyl (C=O) groups is 3. The summed E-state index contributed by atoms with van der Waals surface area (Å²) in [5.74, 6) is -1.17. The minimum Gasteiger partial charge on any atom is -0.478 e. The third kappa shape index (κ3) is 8.88. The third-order valence-electron chi connectivity index (χ3n) is 6.78. The van der Waals surface area contributed by atoms with E-state index in [1.54, 1.807) is 47.9 Å². The zero-order valence-corrected chi connectivity index (χ0v) is 23.7. The molecule has 0 unspecified atom stereocenters. The van der Waals surface area contributed by atoms with Gasteiger partial charge in [0.15, 0.2) is 6.29 Å². The Balaban J connectivity index is 1.47. The standard InChI is InChI=1S/C31H34N2O8S/c34-18-20-12-14-21(15-13-20)26-17-24(19-42-27-9-2-1-8-25(27)30(37)38)40-31(41-26)22-6-5-7-23(16-22)32-28(35)10-3-4-11-29(36)33-39/h1-2,5-9,12-16,24,26,31,34,39H,3-4,10-11,17-19H2,(H,32,35)(H,33,36)(H,37,38)/t24-,26+,31+/m0/s1. The average Bonchev–Trinajstić information content (AvgIpc) is 3.02. The number of aromatic carboxylic acids is 1. The van der Waals surface area contributed by atoms with E-state index in [1.807, 2.05) is 30.3 Å². The van der Waals surface area contributed by atoms with Crippen LogP contribution in [-0.4, -0.2) is 45.1 Å². The van der Waals surface area contributed by atoms with Gasteiger partial charge in [0.2, 0.25) is 11.8 Å². The van der Waals surface area contributed by atoms with Gasteiger partial charge in [-0.1, -0.05) is 48.5 Å². The molecule has 0 aromatic heterocycles. The van der Waals surface area contributed by atoms with Crippen molar-refractivity contribution in [2.45, 2.75) is 62.1 Å². The quantitative estimate of drug-likeness (QED) is 0.0775. The summed E-state index contributed by atoms with van der Waals surface area (Å²) in [5, 5.41) is 30.5. The molecule has 222 valence electrons. The molecule has 0 aliphatic carbocycles. The summed E-state index contributed by atoms with van der Waals surface area (Å²) in [7, 11) is 0. The molecule has 4 rings (SSSR count). The van der Waals surface area contributed by atoms with Crippen molar-refractivity contribution < 1.29 is 39.3 Å². The van der Waals surface area contributed by atoms with Crippen LogP contribution in [0.5, 0.6) is 0 Å². The van der Waals surface area contributed by atoms with E-state index in [-0.39, 0.29) is 43.1 Å². The molecule has 0 saturated carbocycles. The molecule has 1 saturated heterocycles. The van der Waals surface area contributed by atoms with E-state index in [2.05, 4.69) is 5.32 Å². The van der Waals surface area contributed by atoms with Gasteiger partial charge in [0.05, 0.1) is 24.4 Å². The smallest absolute Gasteiger partial charge is 0.336 e. The minimum absolute atomic E-state index is 0.0592. The second kappa shape index (κ2) is 15.5. The molecule has 1 aliphatic heterocycles. The molecule has 0 spiro atoms. The summed E-state index contributed by atoms with van der Waals surface area (Å²) in [6, 6.07) is 21.6. The van der Waals surface area contributed by atoms with Crippen LogP contribution >= 0.6 is 11.8 Å². The lowest BCUT2D eigenvalue weighted by molar-refractivity contribution is -0.245. The molecule has 5 N–H and O–H groups in total. The van der Waals surface area contributed by atoms with Crippen LogP contribution in [0.15, 0.2) is 77.7 Å². The first kappa shape index (κ1) is 31.2. The van der Waals surface area contributed by atoms with Gasteiger partial charge in [-0.05, 0) is 48.2 Å². The number of thioether (sulfide) groups is 1. The molecular weight excluding hydrogens is 560 g/mol. The van der Waals surface area contributed by atoms with Crippen LogP contribution in [0.1, 0.15) is 71.5 Å². The molecule has 0 bridgehead atoms. The normalized spacial score (nSPS) is 18.3. The van der Waals surface area contributed by atoms with Gasteiger partial charge >= 0.3 is 5.97 Å². The fraction of sp³-hybridized carbons (Fsp3) is 0.323. The summed E-state index contributed by atoms with van der Waals surface area (Å²) in [5.41, 5.74) is 4.83. The Morgan fingerprint density at radius 3 is 2.33 bits per heavy atom. The second-order valence-corrected chi connectivity index (χ2v) is 10.9. The van der Waals surface area contributed by atoms with Crippen LogP contribution < -0.4 is 10.8 Å². The molecule has 3 aromatic carbocycles. The number of carboxylic acid groups (broad SMARTS) is 1. The number of hydroxylamine groups is 1. The van der Waals surface area contributed by atoms with Crippen LogP contribution in [0.25, 0.3) is 0 Å². The van der Waals surface area contributed by atoms with Gasteiger partial charge in [0.25, 0.3) is 0 Å². The van der Waals surface area contributed by atoms with Gasteiger partial charge in [-0.15, -0.1) is 11.8 Å². The molecule has 3 aromatic rings. The molecule has 11 heteroatoms. The SMILES string of the molecule is O=C(CCCCC(=O)Nc1cccc([C@@H]2O[C@H](CSc3ccccc3C(=O)O)C[C@H](c3ccc(CO)cc3)O2)c1)NO. The molecule has 10 nitrogen and oxygen atoms in total. The number of benzene rings is 3. The van der Waals surface area contributed by atoms with Crippen LogP contribution in [-0.2, 0) is 25.7 Å². The Kier molecular flexibility index (Phi) is 11.5. The van der Waals surface area contributed by atoms with Gasteiger partial charge in [-0.25, -0.2) is 10.3 Å². The minimum atomic E-state index is -0.986. The number of unbranched alkanes of at least 4 members (excludes halogenated alkanes) is 1. The number of hydrogen-bond donors (Lipinski definition) is 5. The summed E-state index contributed by atoms with van der Waals surface area (Å²) < 4.78 is 12.8. The molecule has 1 heterocycles. The number of carbonyl (C=O) groups excluding carboxylic acids is 2. The Bertz CT molecular complexity index is 1370. The number of ether oxygens (including phenoxy) is 2. The number of nitrogens with one attached hydrogen (secondary N) is 2. The highest BCUT2D eigenvalue weighted by Crippen LogP contribution is 2.40. The highest BCUT2D eigenvalue weighted by Gasteiger charge is 2.32. The molecule has 42 heavy (non-hydrogen) atoms. The van der Waals surface area contributed by atoms with E-state index >= 15 is 0 Å². The van der Waals surface area contributed by atoms with Crippen molar-refractivity contribution in [3.8, 4) is 0 Å². The van der Waals surface area contributed by atoms with Crippen molar-refractivity contribution in [3.63, 3.8) is 0 Å². The summed E-state index contributed by atoms with van der Waals surface area (Å²) in [4.78, 5) is 35.9. The first-order valence-electron chi connectivity index (χ1n) is 13.6. The van der Waals surface area contributed by atoms with Crippen LogP contribution in [0.4, 0.5) is 5.69 Å². The maximum atomic E-state index is 12.5. The van der Waals surface area contributed by atoms with E-state index in [0.29, 0.717) is 41.2 Å². The Hall–Kier alpha value is -3.74. The topological polar surface area (TPSA) is 154 Å². The summed E-state index contributed by atoms with van der Waals surface area (Å²) in [6.07, 6.45) is 0.551. The molecule has 2 amide bonds. The van der Waals surface area contributed by atoms with Crippen LogP contribution in [0.3, 0.4) is 0 Å². The van der Waals surface area contributed by atoms with Crippen molar-refractivity contribution in [2.24, 2.45) is 0 Å². The monoisotopic (exact) mass is 594 g/mol. The maximum Gasteiger partial charge on any atom is 0.336 e. The Labute approximate surface area is 248 Å². The third-order valence-corrected chi connectivity index (χ3v) is 7.99. The number of carboxylic acids is 1. The zero-order valence-electron chi connectivity index (χ0n) is 22.9. The van der Waals surface area contributed by atoms with Gasteiger partial charge in [-0.2, -0.15) is 0 Å². The summed E-state index contributed by atoms with van der Waals surface area (Å²) in [6.45, 7) is -0.0592. The fourth-order valence-electron chi connectivity index (χ4n) is 4.59. The van der Waals surface area contributed by atoms with Gasteiger partial charge in [0, 0.05) is 41.2 Å². The molecule has 0 radical (unpaired) electrons. The van der Waals surface area contributed by atoms with Crippen molar-refractivity contribution in [1.82, 2.24) is 5.48 Å². The average molecular weight is 595 g/mol. The summed E-state index contributed by atoms with van der Waals surface area (Å²) >= 11 is 1.42. The largest absolute Gasteiger partial charge is 0.478 e. The van der Waals surface area contributed by atoms with Crippen LogP contribution in [0.2, 0.25) is 0 Å². The number of anilines is 1. The van der Waals surface area contributed by atoms with E-state index in [0.717, 1.165) is 11.1 Å². The van der Waals surface area contributed by atoms with E-state index in [4.69, 9.17) is 14.7 Å². The number of aliphatic hydroxyl groups excluding tert-OH is 1. The molecular formula is C31H34N2O8S. The fourth-order valence-corrected chi connectivity index (χ4v) is 5.65. The second-order valence-electron chi connectivity index (χ2n) is 9.88. The predicted octanol–water partition coefficient (Wildman–Crippen LogP) is 5.22. The first-order valence-corrected chi connectivity index (χ1v) is 14.6. The maximum absolute atomic E-state index is 12.5. The highest BCUT2D eigenvalue weighted by molar-refractivity contribution is 7.99. The Morgan fingerprint density at radius 1 is 0.881 bits per heavy atom. The number of rotatable bonds is 13. The highest BCUT2D eigenvalue weighted by atomic mass is 32.2. The number of aliphatic hydroxyl groups is 1. The lowest BCUT2D eigenvalue weighted by Crippen LogP contribution is -2.31. The van der Waals surface area contributed by atoms with Crippen molar-refractivity contribution in [2.75, 3.05) is 11.1 Å². The van der Waals surface area contributed by atoms with Crippen LogP contribution in [0, 0.1) is 0 Å². The van der Waals surface area contributed by atoms with E-state index in [1.165, 1.54) is 11.8 Å². The first-order chi connectivity index (χ1) is 20.4. The Morgan fingerprint density at radius 2 is 1.62 bits per heavy atom. The number of hydrogen-bond acceptors (Lipinski definition) is 8. The van der Waals surface area contributed by atoms with Crippen molar-refractivity contribution in [3.05, 3.63) is 95.1 Å².